The Balaban J connectivity index is 2.36. The summed E-state index contributed by atoms with van der Waals surface area (Å²) < 4.78 is 41.0. The molecule has 0 spiro atoms. The molecular formula is C22H25F3N2. The number of hydrogen-bond donors (Lipinski definition) is 1. The van der Waals surface area contributed by atoms with Crippen LogP contribution in [0.3, 0.4) is 0 Å². The van der Waals surface area contributed by atoms with Gasteiger partial charge in [-0.2, -0.15) is 13.2 Å². The Labute approximate surface area is 158 Å². The van der Waals surface area contributed by atoms with Gasteiger partial charge < -0.3 is 5.32 Å². The third-order valence-corrected chi connectivity index (χ3v) is 4.12. The third kappa shape index (κ3) is 6.59. The van der Waals surface area contributed by atoms with Crippen LogP contribution in [-0.2, 0) is 0 Å². The maximum absolute atomic E-state index is 13.7. The van der Waals surface area contributed by atoms with Crippen molar-refractivity contribution in [2.45, 2.75) is 38.9 Å². The number of hydrogen-bond acceptors (Lipinski definition) is 2. The van der Waals surface area contributed by atoms with Gasteiger partial charge >= 0.3 is 6.18 Å². The number of benzene rings is 2. The van der Waals surface area contributed by atoms with Gasteiger partial charge in [0.25, 0.3) is 0 Å². The molecule has 144 valence electrons. The van der Waals surface area contributed by atoms with Crippen LogP contribution in [0.2, 0.25) is 0 Å². The molecule has 0 radical (unpaired) electrons. The molecule has 0 aliphatic carbocycles. The fourth-order valence-corrected chi connectivity index (χ4v) is 2.59. The molecule has 0 saturated carbocycles. The largest absolute Gasteiger partial charge is 0.431 e. The van der Waals surface area contributed by atoms with Crippen molar-refractivity contribution in [3.8, 4) is 0 Å². The Hall–Kier alpha value is -2.56. The Morgan fingerprint density at radius 2 is 1.63 bits per heavy atom. The molecule has 0 aliphatic heterocycles. The molecule has 0 saturated heterocycles. The number of nitrogens with one attached hydrogen (secondary N) is 1. The van der Waals surface area contributed by atoms with Crippen molar-refractivity contribution >= 4 is 5.71 Å². The minimum Gasteiger partial charge on any atom is -0.374 e. The zero-order chi connectivity index (χ0) is 19.7. The van der Waals surface area contributed by atoms with Gasteiger partial charge in [-0.25, -0.2) is 0 Å². The minimum absolute atomic E-state index is 0.337. The van der Waals surface area contributed by atoms with Crippen LogP contribution in [-0.4, -0.2) is 18.4 Å². The van der Waals surface area contributed by atoms with Crippen molar-refractivity contribution in [3.05, 3.63) is 83.6 Å². The monoisotopic (exact) mass is 374 g/mol. The lowest BCUT2D eigenvalue weighted by Crippen LogP contribution is -2.29. The predicted octanol–water partition coefficient (Wildman–Crippen LogP) is 6.07. The Morgan fingerprint density at radius 3 is 2.19 bits per heavy atom. The van der Waals surface area contributed by atoms with E-state index < -0.39 is 17.9 Å². The molecule has 0 bridgehead atoms. The van der Waals surface area contributed by atoms with Gasteiger partial charge in [-0.15, -0.1) is 0 Å². The molecule has 0 aliphatic rings. The van der Waals surface area contributed by atoms with Crippen LogP contribution < -0.4 is 5.32 Å². The first kappa shape index (κ1) is 20.7. The molecule has 2 nitrogen and oxygen atoms in total. The first-order valence-corrected chi connectivity index (χ1v) is 9.12. The van der Waals surface area contributed by atoms with Crippen LogP contribution in [0.4, 0.5) is 13.2 Å². The van der Waals surface area contributed by atoms with E-state index in [4.69, 9.17) is 0 Å². The number of unbranched alkanes of at least 4 members (excludes halogenated alkanes) is 1. The highest BCUT2D eigenvalue weighted by Gasteiger charge is 2.35. The predicted molar refractivity (Wildman–Crippen MR) is 105 cm³/mol. The van der Waals surface area contributed by atoms with Crippen molar-refractivity contribution in [1.82, 2.24) is 5.32 Å². The van der Waals surface area contributed by atoms with E-state index in [-0.39, 0.29) is 0 Å². The van der Waals surface area contributed by atoms with Crippen LogP contribution in [0.5, 0.6) is 0 Å². The normalized spacial score (nSPS) is 14.1. The van der Waals surface area contributed by atoms with Gasteiger partial charge in [-0.3, -0.25) is 4.99 Å². The van der Waals surface area contributed by atoms with Crippen molar-refractivity contribution in [3.63, 3.8) is 0 Å². The molecule has 1 N–H and O–H groups in total. The average Bonchev–Trinajstić information content (AvgIpc) is 2.67. The Bertz CT molecular complexity index is 750. The van der Waals surface area contributed by atoms with Crippen LogP contribution in [0.25, 0.3) is 0 Å². The zero-order valence-electron chi connectivity index (χ0n) is 15.6. The van der Waals surface area contributed by atoms with Gasteiger partial charge in [0.1, 0.15) is 5.70 Å². The SMILES string of the molecule is CCCCN=C(/C=C(\N[C@H](C)c1ccccc1)C(F)(F)F)c1ccccc1. The van der Waals surface area contributed by atoms with Crippen LogP contribution >= 0.6 is 0 Å². The molecule has 0 amide bonds. The lowest BCUT2D eigenvalue weighted by molar-refractivity contribution is -0.0975. The highest BCUT2D eigenvalue weighted by molar-refractivity contribution is 6.09. The third-order valence-electron chi connectivity index (χ3n) is 4.12. The Morgan fingerprint density at radius 1 is 1.04 bits per heavy atom. The first-order chi connectivity index (χ1) is 12.9. The van der Waals surface area contributed by atoms with E-state index in [0.29, 0.717) is 17.8 Å². The second kappa shape index (κ2) is 9.95. The molecule has 2 aromatic carbocycles. The minimum atomic E-state index is -4.50. The van der Waals surface area contributed by atoms with Gasteiger partial charge in [0, 0.05) is 12.6 Å². The van der Waals surface area contributed by atoms with E-state index in [1.165, 1.54) is 0 Å². The summed E-state index contributed by atoms with van der Waals surface area (Å²) in [6.45, 7) is 4.24. The number of halogens is 3. The van der Waals surface area contributed by atoms with Crippen molar-refractivity contribution in [2.24, 2.45) is 4.99 Å². The van der Waals surface area contributed by atoms with E-state index in [2.05, 4.69) is 10.3 Å². The van der Waals surface area contributed by atoms with Crippen molar-refractivity contribution in [2.75, 3.05) is 6.54 Å². The molecule has 0 heterocycles. The van der Waals surface area contributed by atoms with Crippen LogP contribution in [0.15, 0.2) is 77.4 Å². The van der Waals surface area contributed by atoms with Gasteiger partial charge in [0.15, 0.2) is 0 Å². The molecule has 2 rings (SSSR count). The molecule has 5 heteroatoms. The van der Waals surface area contributed by atoms with E-state index >= 15 is 0 Å². The topological polar surface area (TPSA) is 24.4 Å². The maximum atomic E-state index is 13.7. The number of aliphatic imine (C=N–C) groups is 1. The second-order valence-electron chi connectivity index (χ2n) is 6.32. The molecule has 1 atom stereocenters. The van der Waals surface area contributed by atoms with E-state index in [1.54, 1.807) is 43.3 Å². The number of alkyl halides is 3. The van der Waals surface area contributed by atoms with E-state index in [9.17, 15) is 13.2 Å². The summed E-state index contributed by atoms with van der Waals surface area (Å²) in [6, 6.07) is 17.6. The van der Waals surface area contributed by atoms with Crippen molar-refractivity contribution in [1.29, 1.82) is 0 Å². The summed E-state index contributed by atoms with van der Waals surface area (Å²) in [7, 11) is 0. The summed E-state index contributed by atoms with van der Waals surface area (Å²) in [6.07, 6.45) is -1.61. The standard InChI is InChI=1S/C22H25F3N2/c1-3-4-15-26-20(19-13-9-6-10-14-19)16-21(22(23,24)25)27-17(2)18-11-7-5-8-12-18/h5-14,16-17,27H,3-4,15H2,1-2H3/b21-16-,26-20?/t17-/m1/s1. The molecule has 0 aromatic heterocycles. The fourth-order valence-electron chi connectivity index (χ4n) is 2.59. The molecule has 2 aromatic rings. The van der Waals surface area contributed by atoms with Crippen LogP contribution in [0, 0.1) is 0 Å². The van der Waals surface area contributed by atoms with Crippen LogP contribution in [0.1, 0.15) is 43.9 Å². The summed E-state index contributed by atoms with van der Waals surface area (Å²) in [5.74, 6) is 0. The van der Waals surface area contributed by atoms with Gasteiger partial charge in [-0.1, -0.05) is 74.0 Å². The average molecular weight is 374 g/mol. The van der Waals surface area contributed by atoms with Gasteiger partial charge in [-0.05, 0) is 30.5 Å². The summed E-state index contributed by atoms with van der Waals surface area (Å²) in [5.41, 5.74) is 1.00. The summed E-state index contributed by atoms with van der Waals surface area (Å²) in [5, 5.41) is 2.62. The number of nitrogens with zero attached hydrogens (tertiary/aromatic N) is 1. The molecular weight excluding hydrogens is 349 g/mol. The number of allylic oxidation sites excluding steroid dienone is 2. The molecule has 0 fully saturated rings. The highest BCUT2D eigenvalue weighted by atomic mass is 19.4. The smallest absolute Gasteiger partial charge is 0.374 e. The van der Waals surface area contributed by atoms with E-state index in [0.717, 1.165) is 24.5 Å². The quantitative estimate of drug-likeness (QED) is 0.440. The zero-order valence-corrected chi connectivity index (χ0v) is 15.6. The maximum Gasteiger partial charge on any atom is 0.431 e. The molecule has 27 heavy (non-hydrogen) atoms. The lowest BCUT2D eigenvalue weighted by Gasteiger charge is -2.21. The first-order valence-electron chi connectivity index (χ1n) is 9.12. The molecule has 0 unspecified atom stereocenters. The fraction of sp³-hybridized carbons (Fsp3) is 0.318. The summed E-state index contributed by atoms with van der Waals surface area (Å²) in [4.78, 5) is 4.42. The lowest BCUT2D eigenvalue weighted by atomic mass is 10.1. The second-order valence-corrected chi connectivity index (χ2v) is 6.32. The highest BCUT2D eigenvalue weighted by Crippen LogP contribution is 2.27. The summed E-state index contributed by atoms with van der Waals surface area (Å²) >= 11 is 0. The van der Waals surface area contributed by atoms with Crippen molar-refractivity contribution < 1.29 is 13.2 Å². The van der Waals surface area contributed by atoms with Gasteiger partial charge in [0.2, 0.25) is 0 Å². The number of rotatable bonds is 8. The Kier molecular flexibility index (Phi) is 7.65. The van der Waals surface area contributed by atoms with Gasteiger partial charge in [0.05, 0.1) is 5.71 Å². The van der Waals surface area contributed by atoms with E-state index in [1.807, 2.05) is 31.2 Å².